The molecular weight excluding hydrogens is 214 g/mol. The Morgan fingerprint density at radius 2 is 2.00 bits per heavy atom. The molecule has 3 N–H and O–H groups in total. The highest BCUT2D eigenvalue weighted by Gasteiger charge is 2.36. The molecule has 4 nitrogen and oxygen atoms in total. The van der Waals surface area contributed by atoms with Gasteiger partial charge in [-0.25, -0.2) is 0 Å². The number of carbonyl (C=O) groups excluding carboxylic acids is 1. The van der Waals surface area contributed by atoms with Crippen molar-refractivity contribution < 1.29 is 4.79 Å². The van der Waals surface area contributed by atoms with Crippen LogP contribution in [-0.2, 0) is 4.79 Å². The van der Waals surface area contributed by atoms with Gasteiger partial charge in [0.25, 0.3) is 0 Å². The Bertz CT molecular complexity index is 274. The fourth-order valence-corrected chi connectivity index (χ4v) is 3.02. The van der Waals surface area contributed by atoms with Gasteiger partial charge in [0.05, 0.1) is 5.54 Å². The van der Waals surface area contributed by atoms with Crippen LogP contribution in [0.25, 0.3) is 0 Å². The Morgan fingerprint density at radius 3 is 2.65 bits per heavy atom. The highest BCUT2D eigenvalue weighted by molar-refractivity contribution is 5.86. The molecule has 4 heteroatoms. The van der Waals surface area contributed by atoms with E-state index in [1.165, 1.54) is 12.8 Å². The molecule has 2 rings (SSSR count). The standard InChI is InChI=1S/C13H25N3O/c1-16-9-5-6-11(10-16)15-12(17)13(14)7-3-2-4-8-13/h11H,2-10,14H2,1H3,(H,15,17). The summed E-state index contributed by atoms with van der Waals surface area (Å²) in [5, 5.41) is 3.15. The van der Waals surface area contributed by atoms with Gasteiger partial charge in [-0.2, -0.15) is 0 Å². The van der Waals surface area contributed by atoms with Crippen molar-refractivity contribution in [1.82, 2.24) is 10.2 Å². The average Bonchev–Trinajstić information content (AvgIpc) is 2.30. The van der Waals surface area contributed by atoms with Crippen molar-refractivity contribution in [2.75, 3.05) is 20.1 Å². The highest BCUT2D eigenvalue weighted by Crippen LogP contribution is 2.26. The number of nitrogens with one attached hydrogen (secondary N) is 1. The monoisotopic (exact) mass is 239 g/mol. The zero-order chi connectivity index (χ0) is 12.3. The molecule has 1 heterocycles. The van der Waals surface area contributed by atoms with Gasteiger partial charge >= 0.3 is 0 Å². The fourth-order valence-electron chi connectivity index (χ4n) is 3.02. The summed E-state index contributed by atoms with van der Waals surface area (Å²) in [7, 11) is 2.11. The molecule has 17 heavy (non-hydrogen) atoms. The highest BCUT2D eigenvalue weighted by atomic mass is 16.2. The van der Waals surface area contributed by atoms with Gasteiger partial charge < -0.3 is 16.0 Å². The van der Waals surface area contributed by atoms with E-state index in [0.717, 1.165) is 45.2 Å². The second-order valence-electron chi connectivity index (χ2n) is 5.79. The number of likely N-dealkylation sites (N-methyl/N-ethyl adjacent to an activating group) is 1. The first kappa shape index (κ1) is 12.8. The minimum absolute atomic E-state index is 0.0810. The van der Waals surface area contributed by atoms with Crippen molar-refractivity contribution in [2.24, 2.45) is 5.73 Å². The molecule has 1 aliphatic heterocycles. The third-order valence-electron chi connectivity index (χ3n) is 4.16. The van der Waals surface area contributed by atoms with E-state index in [-0.39, 0.29) is 5.91 Å². The second kappa shape index (κ2) is 5.36. The van der Waals surface area contributed by atoms with E-state index >= 15 is 0 Å². The van der Waals surface area contributed by atoms with Crippen LogP contribution in [0.5, 0.6) is 0 Å². The Hall–Kier alpha value is -0.610. The van der Waals surface area contributed by atoms with E-state index < -0.39 is 5.54 Å². The minimum atomic E-state index is -0.589. The lowest BCUT2D eigenvalue weighted by Gasteiger charge is -2.36. The number of nitrogens with zero attached hydrogens (tertiary/aromatic N) is 1. The van der Waals surface area contributed by atoms with E-state index in [9.17, 15) is 4.79 Å². The molecule has 1 atom stereocenters. The third-order valence-corrected chi connectivity index (χ3v) is 4.16. The molecule has 0 spiro atoms. The predicted octanol–water partition coefficient (Wildman–Crippen LogP) is 0.858. The van der Waals surface area contributed by atoms with E-state index in [1.807, 2.05) is 0 Å². The fraction of sp³-hybridized carbons (Fsp3) is 0.923. The summed E-state index contributed by atoms with van der Waals surface area (Å²) < 4.78 is 0. The first-order valence-electron chi connectivity index (χ1n) is 6.88. The minimum Gasteiger partial charge on any atom is -0.350 e. The van der Waals surface area contributed by atoms with Gasteiger partial charge in [-0.05, 0) is 39.3 Å². The lowest BCUT2D eigenvalue weighted by atomic mass is 9.81. The molecule has 1 aliphatic carbocycles. The van der Waals surface area contributed by atoms with Crippen LogP contribution in [0.2, 0.25) is 0 Å². The van der Waals surface area contributed by atoms with Crippen LogP contribution in [0.4, 0.5) is 0 Å². The van der Waals surface area contributed by atoms with E-state index in [0.29, 0.717) is 6.04 Å². The summed E-state index contributed by atoms with van der Waals surface area (Å²) in [6.45, 7) is 2.10. The topological polar surface area (TPSA) is 58.4 Å². The summed E-state index contributed by atoms with van der Waals surface area (Å²) in [6.07, 6.45) is 7.36. The van der Waals surface area contributed by atoms with E-state index in [1.54, 1.807) is 0 Å². The van der Waals surface area contributed by atoms with Gasteiger partial charge in [0.2, 0.25) is 5.91 Å². The van der Waals surface area contributed by atoms with Crippen LogP contribution in [0, 0.1) is 0 Å². The molecule has 98 valence electrons. The maximum absolute atomic E-state index is 12.2. The number of likely N-dealkylation sites (tertiary alicyclic amines) is 1. The van der Waals surface area contributed by atoms with Crippen molar-refractivity contribution >= 4 is 5.91 Å². The zero-order valence-corrected chi connectivity index (χ0v) is 10.9. The number of carbonyl (C=O) groups is 1. The molecule has 0 bridgehead atoms. The maximum Gasteiger partial charge on any atom is 0.240 e. The van der Waals surface area contributed by atoms with Crippen molar-refractivity contribution in [3.05, 3.63) is 0 Å². The number of nitrogens with two attached hydrogens (primary N) is 1. The van der Waals surface area contributed by atoms with Crippen LogP contribution in [0.15, 0.2) is 0 Å². The van der Waals surface area contributed by atoms with Crippen LogP contribution >= 0.6 is 0 Å². The zero-order valence-electron chi connectivity index (χ0n) is 10.9. The van der Waals surface area contributed by atoms with Crippen LogP contribution in [-0.4, -0.2) is 42.5 Å². The first-order valence-corrected chi connectivity index (χ1v) is 6.88. The van der Waals surface area contributed by atoms with Crippen molar-refractivity contribution in [1.29, 1.82) is 0 Å². The maximum atomic E-state index is 12.2. The molecule has 2 aliphatic rings. The van der Waals surface area contributed by atoms with Gasteiger partial charge in [-0.3, -0.25) is 4.79 Å². The molecule has 1 amide bonds. The molecule has 0 radical (unpaired) electrons. The smallest absolute Gasteiger partial charge is 0.240 e. The predicted molar refractivity (Wildman–Crippen MR) is 68.7 cm³/mol. The number of piperidine rings is 1. The third kappa shape index (κ3) is 3.19. The number of rotatable bonds is 2. The Kier molecular flexibility index (Phi) is 4.05. The molecule has 1 saturated heterocycles. The van der Waals surface area contributed by atoms with Gasteiger partial charge in [0.15, 0.2) is 0 Å². The molecule has 0 aromatic heterocycles. The molecule has 1 unspecified atom stereocenters. The molecule has 1 saturated carbocycles. The summed E-state index contributed by atoms with van der Waals surface area (Å²) >= 11 is 0. The van der Waals surface area contributed by atoms with Gasteiger partial charge in [0, 0.05) is 12.6 Å². The second-order valence-corrected chi connectivity index (χ2v) is 5.79. The van der Waals surface area contributed by atoms with Crippen molar-refractivity contribution in [3.8, 4) is 0 Å². The normalized spacial score (nSPS) is 29.9. The van der Waals surface area contributed by atoms with Crippen LogP contribution in [0.3, 0.4) is 0 Å². The summed E-state index contributed by atoms with van der Waals surface area (Å²) in [5.41, 5.74) is 5.64. The Morgan fingerprint density at radius 1 is 1.29 bits per heavy atom. The SMILES string of the molecule is CN1CCCC(NC(=O)C2(N)CCCCC2)C1. The van der Waals surface area contributed by atoms with E-state index in [4.69, 9.17) is 5.73 Å². The molecule has 2 fully saturated rings. The average molecular weight is 239 g/mol. The number of hydrogen-bond acceptors (Lipinski definition) is 3. The van der Waals surface area contributed by atoms with Crippen LogP contribution in [0.1, 0.15) is 44.9 Å². The molecule has 0 aromatic carbocycles. The van der Waals surface area contributed by atoms with Crippen LogP contribution < -0.4 is 11.1 Å². The lowest BCUT2D eigenvalue weighted by molar-refractivity contribution is -0.128. The Labute approximate surface area is 104 Å². The lowest BCUT2D eigenvalue weighted by Crippen LogP contribution is -2.59. The largest absolute Gasteiger partial charge is 0.350 e. The molecular formula is C13H25N3O. The Balaban J connectivity index is 1.87. The van der Waals surface area contributed by atoms with E-state index in [2.05, 4.69) is 17.3 Å². The van der Waals surface area contributed by atoms with Gasteiger partial charge in [0.1, 0.15) is 0 Å². The first-order chi connectivity index (χ1) is 8.10. The summed E-state index contributed by atoms with van der Waals surface area (Å²) in [5.74, 6) is 0.0810. The van der Waals surface area contributed by atoms with Crippen molar-refractivity contribution in [3.63, 3.8) is 0 Å². The number of amides is 1. The summed E-state index contributed by atoms with van der Waals surface area (Å²) in [6, 6.07) is 0.295. The van der Waals surface area contributed by atoms with Gasteiger partial charge in [-0.1, -0.05) is 19.3 Å². The quantitative estimate of drug-likeness (QED) is 0.751. The molecule has 0 aromatic rings. The van der Waals surface area contributed by atoms with Crippen molar-refractivity contribution in [2.45, 2.75) is 56.5 Å². The summed E-state index contributed by atoms with van der Waals surface area (Å²) in [4.78, 5) is 14.5. The van der Waals surface area contributed by atoms with Gasteiger partial charge in [-0.15, -0.1) is 0 Å². The number of hydrogen-bond donors (Lipinski definition) is 2.